The Balaban J connectivity index is 1.16. The highest BCUT2D eigenvalue weighted by Crippen LogP contribution is 2.77. The number of carboxylic acids is 1. The van der Waals surface area contributed by atoms with Crippen LogP contribution in [0.3, 0.4) is 0 Å². The molecule has 1 aromatic heterocycles. The van der Waals surface area contributed by atoms with Gasteiger partial charge in [-0.25, -0.2) is 0 Å². The topological polar surface area (TPSA) is 106 Å². The minimum absolute atomic E-state index is 0.0905. The van der Waals surface area contributed by atoms with Crippen molar-refractivity contribution in [1.82, 2.24) is 4.98 Å². The van der Waals surface area contributed by atoms with Crippen molar-refractivity contribution < 1.29 is 24.2 Å². The van der Waals surface area contributed by atoms with Crippen molar-refractivity contribution in [2.45, 2.75) is 132 Å². The lowest BCUT2D eigenvalue weighted by atomic mass is 9.32. The summed E-state index contributed by atoms with van der Waals surface area (Å²) in [5.41, 5.74) is 1.39. The van der Waals surface area contributed by atoms with Gasteiger partial charge in [-0.1, -0.05) is 65.0 Å². The fourth-order valence-electron chi connectivity index (χ4n) is 13.8. The lowest BCUT2D eigenvalue weighted by Crippen LogP contribution is -2.67. The number of pyridine rings is 1. The summed E-state index contributed by atoms with van der Waals surface area (Å²) in [4.78, 5) is 44.3. The average Bonchev–Trinajstić information content (AvgIpc) is 3.48. The van der Waals surface area contributed by atoms with Crippen molar-refractivity contribution in [3.8, 4) is 0 Å². The van der Waals surface area contributed by atoms with Gasteiger partial charge in [-0.05, 0) is 143 Å². The second kappa shape index (κ2) is 12.4. The van der Waals surface area contributed by atoms with E-state index in [2.05, 4.69) is 70.6 Å². The van der Waals surface area contributed by atoms with Gasteiger partial charge in [0.25, 0.3) is 0 Å². The number of nitrogens with zero attached hydrogens (tertiary/aromatic N) is 1. The first-order chi connectivity index (χ1) is 24.3. The Hall–Kier alpha value is -3.22. The number of para-hydroxylation sites is 1. The molecule has 52 heavy (non-hydrogen) atoms. The van der Waals surface area contributed by atoms with Gasteiger partial charge >= 0.3 is 11.9 Å². The molecule has 2 aromatic rings. The van der Waals surface area contributed by atoms with Crippen molar-refractivity contribution >= 4 is 34.4 Å². The fraction of sp³-hybridized carbons (Fsp3) is 0.689. The molecule has 10 atom stereocenters. The number of hydrogen-bond donors (Lipinski definition) is 2. The number of anilines is 1. The monoisotopic (exact) mass is 710 g/mol. The molecule has 0 saturated heterocycles. The van der Waals surface area contributed by atoms with E-state index in [1.165, 1.54) is 5.57 Å². The normalized spacial score (nSPS) is 39.3. The number of ether oxygens (including phenoxy) is 1. The number of fused-ring (bicyclic) bond motifs is 8. The van der Waals surface area contributed by atoms with Gasteiger partial charge in [-0.2, -0.15) is 0 Å². The minimum atomic E-state index is -1.15. The third kappa shape index (κ3) is 5.32. The third-order valence-electron chi connectivity index (χ3n) is 16.8. The number of nitrogens with one attached hydrogen (secondary N) is 1. The zero-order valence-electron chi connectivity index (χ0n) is 32.9. The number of carbonyl (C=O) groups excluding carboxylic acids is 2. The van der Waals surface area contributed by atoms with Gasteiger partial charge in [0.15, 0.2) is 0 Å². The molecule has 5 aliphatic carbocycles. The van der Waals surface area contributed by atoms with Gasteiger partial charge in [-0.3, -0.25) is 19.4 Å². The first-order valence-corrected chi connectivity index (χ1v) is 20.1. The summed E-state index contributed by atoms with van der Waals surface area (Å²) in [7, 11) is 0. The number of esters is 1. The Morgan fingerprint density at radius 1 is 0.904 bits per heavy atom. The summed E-state index contributed by atoms with van der Waals surface area (Å²) in [6.07, 6.45) is 11.6. The largest absolute Gasteiger partial charge is 0.481 e. The Morgan fingerprint density at radius 2 is 1.63 bits per heavy atom. The van der Waals surface area contributed by atoms with E-state index in [0.29, 0.717) is 23.7 Å². The maximum atomic E-state index is 14.8. The van der Waals surface area contributed by atoms with E-state index in [0.717, 1.165) is 80.8 Å². The Morgan fingerprint density at radius 3 is 2.35 bits per heavy atom. The number of carboxylic acid groups (broad SMARTS) is 1. The Kier molecular flexibility index (Phi) is 8.86. The number of aromatic nitrogens is 1. The molecule has 7 rings (SSSR count). The predicted octanol–water partition coefficient (Wildman–Crippen LogP) is 10.2. The van der Waals surface area contributed by atoms with Crippen LogP contribution in [0.4, 0.5) is 5.69 Å². The van der Waals surface area contributed by atoms with Crippen molar-refractivity contribution in [3.05, 3.63) is 48.7 Å². The molecule has 5 saturated carbocycles. The maximum absolute atomic E-state index is 14.8. The van der Waals surface area contributed by atoms with Crippen molar-refractivity contribution in [1.29, 1.82) is 0 Å². The van der Waals surface area contributed by atoms with E-state index in [1.54, 1.807) is 20.0 Å². The van der Waals surface area contributed by atoms with E-state index < -0.39 is 22.8 Å². The molecule has 7 nitrogen and oxygen atoms in total. The smallest absolute Gasteiger partial charge is 0.309 e. The molecule has 0 bridgehead atoms. The van der Waals surface area contributed by atoms with Crippen LogP contribution in [0, 0.1) is 62.1 Å². The number of aliphatic carboxylic acids is 1. The molecule has 5 fully saturated rings. The lowest BCUT2D eigenvalue weighted by Gasteiger charge is -2.72. The van der Waals surface area contributed by atoms with Crippen LogP contribution in [0.15, 0.2) is 48.7 Å². The Labute approximate surface area is 311 Å². The van der Waals surface area contributed by atoms with E-state index in [4.69, 9.17) is 4.74 Å². The highest BCUT2D eigenvalue weighted by molar-refractivity contribution is 6.02. The number of carbonyl (C=O) groups is 3. The molecule has 1 amide bonds. The average molecular weight is 711 g/mol. The van der Waals surface area contributed by atoms with Crippen LogP contribution in [0.2, 0.25) is 0 Å². The molecular weight excluding hydrogens is 649 g/mol. The zero-order chi connectivity index (χ0) is 37.6. The van der Waals surface area contributed by atoms with Gasteiger partial charge in [0, 0.05) is 17.0 Å². The number of amides is 1. The molecular formula is C45H62N2O5. The lowest BCUT2D eigenvalue weighted by molar-refractivity contribution is -0.249. The van der Waals surface area contributed by atoms with Crippen LogP contribution < -0.4 is 5.32 Å². The van der Waals surface area contributed by atoms with Gasteiger partial charge in [0.2, 0.25) is 5.91 Å². The van der Waals surface area contributed by atoms with Gasteiger partial charge < -0.3 is 15.2 Å². The second-order valence-corrected chi connectivity index (χ2v) is 19.9. The SMILES string of the molecule is C=C(C)[C@@H]1CC[C@]2(C(=O)Nc3cccc4cccnc34)CC[C@]3(C)C(CCC4[C@@]5(C)CCC(OC(=O)CC(C)(C)C(=O)O)C(C)(C)C5CC[C@]43C)C12. The number of hydrogen-bond acceptors (Lipinski definition) is 5. The van der Waals surface area contributed by atoms with Crippen LogP contribution in [-0.2, 0) is 19.1 Å². The summed E-state index contributed by atoms with van der Waals surface area (Å²) >= 11 is 0. The van der Waals surface area contributed by atoms with Crippen LogP contribution in [-0.4, -0.2) is 34.0 Å². The molecule has 0 radical (unpaired) electrons. The van der Waals surface area contributed by atoms with Crippen LogP contribution in [0.25, 0.3) is 10.9 Å². The fourth-order valence-corrected chi connectivity index (χ4v) is 13.8. The molecule has 5 aliphatic rings. The summed E-state index contributed by atoms with van der Waals surface area (Å²) in [5.74, 6) is 0.754. The first kappa shape index (κ1) is 37.1. The van der Waals surface area contributed by atoms with Crippen LogP contribution in [0.5, 0.6) is 0 Å². The third-order valence-corrected chi connectivity index (χ3v) is 16.8. The Bertz CT molecular complexity index is 1790. The quantitative estimate of drug-likeness (QED) is 0.219. The number of rotatable bonds is 7. The van der Waals surface area contributed by atoms with Gasteiger partial charge in [0.1, 0.15) is 6.10 Å². The van der Waals surface area contributed by atoms with Crippen molar-refractivity contribution in [2.24, 2.45) is 62.1 Å². The van der Waals surface area contributed by atoms with Gasteiger partial charge in [-0.15, -0.1) is 0 Å². The van der Waals surface area contributed by atoms with Crippen LogP contribution in [0.1, 0.15) is 126 Å². The standard InChI is InChI=1S/C45H62N2O5/c1-27(2)29-17-22-45(38(49)47-31-14-10-12-28-13-11-25-46-37(28)31)24-23-43(8)30(36(29)45)15-16-33-42(7)20-19-34(52-35(48)26-40(3,4)39(50)51)41(5,6)32(42)18-21-44(33,43)9/h10-14,25,29-30,32-34,36H,1,15-24,26H2,2-9H3,(H,47,49)(H,50,51)/t29-,30?,32?,33?,34?,36?,42-,43+,44+,45-/m0/s1. The molecule has 0 aliphatic heterocycles. The highest BCUT2D eigenvalue weighted by Gasteiger charge is 2.72. The summed E-state index contributed by atoms with van der Waals surface area (Å²) < 4.78 is 6.18. The molecule has 2 N–H and O–H groups in total. The minimum Gasteiger partial charge on any atom is -0.481 e. The zero-order valence-corrected chi connectivity index (χ0v) is 32.9. The predicted molar refractivity (Wildman–Crippen MR) is 205 cm³/mol. The summed E-state index contributed by atoms with van der Waals surface area (Å²) in [6, 6.07) is 10.0. The second-order valence-electron chi connectivity index (χ2n) is 19.9. The molecule has 7 heteroatoms. The first-order valence-electron chi connectivity index (χ1n) is 20.1. The number of allylic oxidation sites excluding steroid dienone is 1. The van der Waals surface area contributed by atoms with E-state index in [-0.39, 0.29) is 46.0 Å². The van der Waals surface area contributed by atoms with E-state index >= 15 is 0 Å². The van der Waals surface area contributed by atoms with Crippen molar-refractivity contribution in [3.63, 3.8) is 0 Å². The molecule has 0 spiro atoms. The summed E-state index contributed by atoms with van der Waals surface area (Å²) in [5, 5.41) is 14.1. The molecule has 5 unspecified atom stereocenters. The van der Waals surface area contributed by atoms with Gasteiger partial charge in [0.05, 0.1) is 28.5 Å². The van der Waals surface area contributed by atoms with Crippen LogP contribution >= 0.6 is 0 Å². The number of benzene rings is 1. The highest BCUT2D eigenvalue weighted by atomic mass is 16.5. The maximum Gasteiger partial charge on any atom is 0.309 e. The molecule has 1 aromatic carbocycles. The van der Waals surface area contributed by atoms with Crippen molar-refractivity contribution in [2.75, 3.05) is 5.32 Å². The molecule has 1 heterocycles. The van der Waals surface area contributed by atoms with E-state index in [1.807, 2.05) is 18.2 Å². The van der Waals surface area contributed by atoms with E-state index in [9.17, 15) is 19.5 Å². The summed E-state index contributed by atoms with van der Waals surface area (Å²) in [6.45, 7) is 22.2. The molecule has 282 valence electrons.